The van der Waals surface area contributed by atoms with E-state index in [1.54, 1.807) is 12.3 Å². The first kappa shape index (κ1) is 13.2. The molecule has 0 saturated heterocycles. The van der Waals surface area contributed by atoms with Gasteiger partial charge < -0.3 is 5.11 Å². The van der Waals surface area contributed by atoms with E-state index in [-0.39, 0.29) is 0 Å². The van der Waals surface area contributed by atoms with E-state index in [0.717, 1.165) is 22.2 Å². The molecule has 0 aliphatic heterocycles. The summed E-state index contributed by atoms with van der Waals surface area (Å²) in [5.41, 5.74) is 0.814. The van der Waals surface area contributed by atoms with Crippen LogP contribution in [0.1, 0.15) is 25.1 Å². The number of hydrogen-bond donors (Lipinski definition) is 1. The summed E-state index contributed by atoms with van der Waals surface area (Å²) in [6.07, 6.45) is 3.78. The number of aliphatic carboxylic acids is 1. The van der Waals surface area contributed by atoms with Crippen LogP contribution in [0.2, 0.25) is 0 Å². The number of hydrogen-bond acceptors (Lipinski definition) is 3. The summed E-state index contributed by atoms with van der Waals surface area (Å²) in [4.78, 5) is 20.2. The van der Waals surface area contributed by atoms with Gasteiger partial charge in [0.2, 0.25) is 0 Å². The molecular formula is C15H13BrN2O2. The van der Waals surface area contributed by atoms with Gasteiger partial charge in [-0.05, 0) is 31.0 Å². The van der Waals surface area contributed by atoms with Crippen molar-refractivity contribution in [2.75, 3.05) is 0 Å². The summed E-state index contributed by atoms with van der Waals surface area (Å²) in [7, 11) is 0. The lowest BCUT2D eigenvalue weighted by atomic mass is 9.68. The molecule has 20 heavy (non-hydrogen) atoms. The molecule has 3 rings (SSSR count). The molecule has 4 nitrogen and oxygen atoms in total. The maximum absolute atomic E-state index is 11.5. The van der Waals surface area contributed by atoms with E-state index in [4.69, 9.17) is 0 Å². The van der Waals surface area contributed by atoms with Gasteiger partial charge in [-0.25, -0.2) is 9.97 Å². The average Bonchev–Trinajstić information content (AvgIpc) is 2.37. The quantitative estimate of drug-likeness (QED) is 0.935. The van der Waals surface area contributed by atoms with Crippen LogP contribution in [0.4, 0.5) is 0 Å². The molecule has 1 aliphatic carbocycles. The molecule has 0 bridgehead atoms. The Morgan fingerprint density at radius 3 is 2.70 bits per heavy atom. The average molecular weight is 333 g/mol. The molecule has 1 saturated carbocycles. The summed E-state index contributed by atoms with van der Waals surface area (Å²) in [6.45, 7) is 0. The minimum absolute atomic E-state index is 0.425. The molecule has 2 aromatic rings. The Bertz CT molecular complexity index is 668. The van der Waals surface area contributed by atoms with Crippen LogP contribution < -0.4 is 0 Å². The molecule has 0 atom stereocenters. The molecule has 1 fully saturated rings. The smallest absolute Gasteiger partial charge is 0.317 e. The Hall–Kier alpha value is -1.75. The number of carboxylic acids is 1. The summed E-state index contributed by atoms with van der Waals surface area (Å²) < 4.78 is 0.965. The van der Waals surface area contributed by atoms with Gasteiger partial charge in [-0.2, -0.15) is 0 Å². The van der Waals surface area contributed by atoms with Crippen LogP contribution in [0.3, 0.4) is 0 Å². The topological polar surface area (TPSA) is 63.1 Å². The Morgan fingerprint density at radius 2 is 2.10 bits per heavy atom. The van der Waals surface area contributed by atoms with Crippen molar-refractivity contribution in [2.45, 2.75) is 24.7 Å². The molecule has 102 valence electrons. The third-order valence-electron chi connectivity index (χ3n) is 3.82. The van der Waals surface area contributed by atoms with Crippen molar-refractivity contribution < 1.29 is 9.90 Å². The minimum atomic E-state index is -0.887. The van der Waals surface area contributed by atoms with Crippen molar-refractivity contribution in [1.29, 1.82) is 0 Å². The molecule has 1 aliphatic rings. The van der Waals surface area contributed by atoms with Crippen molar-refractivity contribution in [2.24, 2.45) is 0 Å². The molecule has 1 heterocycles. The van der Waals surface area contributed by atoms with E-state index in [1.807, 2.05) is 24.3 Å². The van der Waals surface area contributed by atoms with Crippen molar-refractivity contribution >= 4 is 21.9 Å². The van der Waals surface area contributed by atoms with Crippen LogP contribution in [-0.2, 0) is 10.2 Å². The number of benzene rings is 1. The lowest BCUT2D eigenvalue weighted by Gasteiger charge is -2.35. The number of carbonyl (C=O) groups is 1. The zero-order chi connectivity index (χ0) is 14.2. The van der Waals surface area contributed by atoms with Gasteiger partial charge >= 0.3 is 5.97 Å². The first-order valence-corrected chi connectivity index (χ1v) is 7.24. The third-order valence-corrected chi connectivity index (χ3v) is 4.31. The summed E-state index contributed by atoms with van der Waals surface area (Å²) in [5.74, 6) is -0.399. The van der Waals surface area contributed by atoms with Crippen LogP contribution in [-0.4, -0.2) is 21.0 Å². The van der Waals surface area contributed by atoms with Gasteiger partial charge in [-0.15, -0.1) is 0 Å². The number of aromatic nitrogens is 2. The fraction of sp³-hybridized carbons (Fsp3) is 0.267. The zero-order valence-electron chi connectivity index (χ0n) is 10.7. The van der Waals surface area contributed by atoms with E-state index in [0.29, 0.717) is 18.7 Å². The van der Waals surface area contributed by atoms with E-state index >= 15 is 0 Å². The minimum Gasteiger partial charge on any atom is -0.480 e. The van der Waals surface area contributed by atoms with Gasteiger partial charge in [0.05, 0.1) is 5.69 Å². The highest BCUT2D eigenvalue weighted by Gasteiger charge is 2.48. The maximum atomic E-state index is 11.5. The Morgan fingerprint density at radius 1 is 1.30 bits per heavy atom. The highest BCUT2D eigenvalue weighted by molar-refractivity contribution is 9.10. The van der Waals surface area contributed by atoms with Crippen molar-refractivity contribution in [3.05, 3.63) is 46.8 Å². The van der Waals surface area contributed by atoms with Gasteiger partial charge in [-0.3, -0.25) is 4.79 Å². The highest BCUT2D eigenvalue weighted by Crippen LogP contribution is 2.42. The molecule has 0 unspecified atom stereocenters. The van der Waals surface area contributed by atoms with Gasteiger partial charge in [-0.1, -0.05) is 34.5 Å². The van der Waals surface area contributed by atoms with Gasteiger partial charge in [0, 0.05) is 16.2 Å². The first-order chi connectivity index (χ1) is 9.62. The summed E-state index contributed by atoms with van der Waals surface area (Å²) >= 11 is 3.43. The second kappa shape index (κ2) is 4.98. The van der Waals surface area contributed by atoms with E-state index < -0.39 is 11.4 Å². The normalized spacial score (nSPS) is 16.4. The van der Waals surface area contributed by atoms with Crippen LogP contribution in [0.5, 0.6) is 0 Å². The van der Waals surface area contributed by atoms with Gasteiger partial charge in [0.25, 0.3) is 0 Å². The monoisotopic (exact) mass is 332 g/mol. The molecule has 1 N–H and O–H groups in total. The first-order valence-electron chi connectivity index (χ1n) is 6.45. The fourth-order valence-electron chi connectivity index (χ4n) is 2.46. The molecule has 1 aromatic carbocycles. The van der Waals surface area contributed by atoms with Crippen molar-refractivity contribution in [3.63, 3.8) is 0 Å². The van der Waals surface area contributed by atoms with E-state index in [1.165, 1.54) is 0 Å². The molecule has 5 heteroatoms. The lowest BCUT2D eigenvalue weighted by Crippen LogP contribution is -2.43. The summed E-state index contributed by atoms with van der Waals surface area (Å²) in [6, 6.07) is 9.58. The number of halogens is 1. The summed E-state index contributed by atoms with van der Waals surface area (Å²) in [5, 5.41) is 9.46. The molecular weight excluding hydrogens is 320 g/mol. The third kappa shape index (κ3) is 2.12. The maximum Gasteiger partial charge on any atom is 0.317 e. The molecule has 0 radical (unpaired) electrons. The SMILES string of the molecule is O=C(O)C1(c2nccc(-c3cccc(Br)c3)n2)CCC1. The van der Waals surface area contributed by atoms with Crippen LogP contribution in [0.15, 0.2) is 41.0 Å². The Kier molecular flexibility index (Phi) is 3.30. The largest absolute Gasteiger partial charge is 0.480 e. The predicted octanol–water partition coefficient (Wildman–Crippen LogP) is 3.41. The van der Waals surface area contributed by atoms with Crippen LogP contribution in [0, 0.1) is 0 Å². The number of nitrogens with zero attached hydrogens (tertiary/aromatic N) is 2. The highest BCUT2D eigenvalue weighted by atomic mass is 79.9. The predicted molar refractivity (Wildman–Crippen MR) is 78.3 cm³/mol. The number of rotatable bonds is 3. The molecule has 0 spiro atoms. The van der Waals surface area contributed by atoms with Crippen LogP contribution >= 0.6 is 15.9 Å². The van der Waals surface area contributed by atoms with E-state index in [2.05, 4.69) is 25.9 Å². The molecule has 1 aromatic heterocycles. The van der Waals surface area contributed by atoms with E-state index in [9.17, 15) is 9.90 Å². The van der Waals surface area contributed by atoms with Crippen LogP contribution in [0.25, 0.3) is 11.3 Å². The second-order valence-corrected chi connectivity index (χ2v) is 5.93. The fourth-order valence-corrected chi connectivity index (χ4v) is 2.86. The Labute approximate surface area is 125 Å². The van der Waals surface area contributed by atoms with Crippen molar-refractivity contribution in [1.82, 2.24) is 9.97 Å². The lowest BCUT2D eigenvalue weighted by molar-refractivity contribution is -0.147. The zero-order valence-corrected chi connectivity index (χ0v) is 12.3. The van der Waals surface area contributed by atoms with Crippen molar-refractivity contribution in [3.8, 4) is 11.3 Å². The van der Waals surface area contributed by atoms with Gasteiger partial charge in [0.1, 0.15) is 11.2 Å². The number of carboxylic acid groups (broad SMARTS) is 1. The van der Waals surface area contributed by atoms with Gasteiger partial charge in [0.15, 0.2) is 0 Å². The second-order valence-electron chi connectivity index (χ2n) is 5.02. The molecule has 0 amide bonds. The standard InChI is InChI=1S/C15H13BrN2O2/c16-11-4-1-3-10(9-11)12-5-8-17-13(18-12)15(14(19)20)6-2-7-15/h1,3-5,8-9H,2,6-7H2,(H,19,20). The Balaban J connectivity index is 2.04.